The number of hydrogen-bond donors (Lipinski definition) is 0. The molecule has 0 N–H and O–H groups in total. The van der Waals surface area contributed by atoms with E-state index in [9.17, 15) is 9.18 Å². The van der Waals surface area contributed by atoms with E-state index in [1.807, 2.05) is 24.7 Å². The summed E-state index contributed by atoms with van der Waals surface area (Å²) in [6, 6.07) is 5.34. The Morgan fingerprint density at radius 2 is 2.41 bits per heavy atom. The fourth-order valence-corrected chi connectivity index (χ4v) is 4.24. The lowest BCUT2D eigenvalue weighted by molar-refractivity contribution is 0.214. The molecule has 3 heterocycles. The summed E-state index contributed by atoms with van der Waals surface area (Å²) in [5.74, 6) is 0. The van der Waals surface area contributed by atoms with Crippen molar-refractivity contribution < 1.29 is 9.18 Å². The number of likely N-dealkylation sites (tertiary alicyclic amines) is 1. The quantitative estimate of drug-likeness (QED) is 0.739. The fourth-order valence-electron chi connectivity index (χ4n) is 2.37. The molecule has 5 nitrogen and oxygen atoms in total. The molecule has 114 valence electrons. The number of amides is 2. The van der Waals surface area contributed by atoms with Crippen molar-refractivity contribution in [2.75, 3.05) is 20.1 Å². The number of urea groups is 1. The number of nitriles is 1. The maximum atomic E-state index is 13.2. The molecule has 3 rings (SSSR count). The van der Waals surface area contributed by atoms with Crippen LogP contribution in [0.15, 0.2) is 28.7 Å². The van der Waals surface area contributed by atoms with Crippen molar-refractivity contribution in [2.24, 2.45) is 4.99 Å². The zero-order chi connectivity index (χ0) is 15.7. The largest absolute Gasteiger partial charge is 0.349 e. The first-order chi connectivity index (χ1) is 10.5. The molecule has 0 spiro atoms. The Morgan fingerprint density at radius 1 is 1.59 bits per heavy atom. The van der Waals surface area contributed by atoms with Gasteiger partial charge in [-0.1, -0.05) is 11.3 Å². The van der Waals surface area contributed by atoms with Crippen molar-refractivity contribution in [3.05, 3.63) is 28.6 Å². The number of amidine groups is 1. The number of alkyl halides is 1. The Bertz CT molecular complexity index is 708. The molecule has 0 saturated carbocycles. The first-order valence-corrected chi connectivity index (χ1v) is 8.46. The molecule has 22 heavy (non-hydrogen) atoms. The molecule has 1 fully saturated rings. The average molecular weight is 337 g/mol. The molecular formula is C14H14FN4OS2+. The van der Waals surface area contributed by atoms with Crippen LogP contribution in [0.1, 0.15) is 11.3 Å². The van der Waals surface area contributed by atoms with Crippen LogP contribution in [0.25, 0.3) is 0 Å². The van der Waals surface area contributed by atoms with Crippen LogP contribution in [0.3, 0.4) is 0 Å². The van der Waals surface area contributed by atoms with Gasteiger partial charge >= 0.3 is 6.03 Å². The van der Waals surface area contributed by atoms with Crippen molar-refractivity contribution in [1.29, 1.82) is 5.26 Å². The molecule has 1 unspecified atom stereocenters. The fraction of sp³-hybridized carbons (Fsp3) is 0.357. The topological polar surface area (TPSA) is 56.5 Å². The van der Waals surface area contributed by atoms with Gasteiger partial charge in [0, 0.05) is 18.0 Å². The minimum atomic E-state index is -0.949. The first-order valence-electron chi connectivity index (χ1n) is 6.76. The highest BCUT2D eigenvalue weighted by Gasteiger charge is 2.38. The van der Waals surface area contributed by atoms with E-state index in [1.165, 1.54) is 28.0 Å². The number of rotatable bonds is 1. The molecule has 2 amide bonds. The van der Waals surface area contributed by atoms with Crippen molar-refractivity contribution >= 4 is 39.3 Å². The van der Waals surface area contributed by atoms with E-state index in [0.717, 1.165) is 5.00 Å². The number of thiophene rings is 1. The molecule has 2 aliphatic rings. The third-order valence-electron chi connectivity index (χ3n) is 3.68. The summed E-state index contributed by atoms with van der Waals surface area (Å²) in [5.41, 5.74) is 0. The predicted octanol–water partition coefficient (Wildman–Crippen LogP) is 3.29. The van der Waals surface area contributed by atoms with Crippen molar-refractivity contribution in [2.45, 2.75) is 12.6 Å². The van der Waals surface area contributed by atoms with Gasteiger partial charge in [0.25, 0.3) is 5.17 Å². The van der Waals surface area contributed by atoms with Crippen LogP contribution in [-0.2, 0) is 0 Å². The van der Waals surface area contributed by atoms with Gasteiger partial charge in [-0.15, -0.1) is 4.99 Å². The van der Waals surface area contributed by atoms with E-state index in [2.05, 4.69) is 11.1 Å². The highest BCUT2D eigenvalue weighted by Crippen LogP contribution is 2.38. The van der Waals surface area contributed by atoms with Gasteiger partial charge in [-0.25, -0.2) is 13.7 Å². The minimum Gasteiger partial charge on any atom is -0.320 e. The van der Waals surface area contributed by atoms with Crippen LogP contribution in [0.5, 0.6) is 0 Å². The summed E-state index contributed by atoms with van der Waals surface area (Å²) in [6.45, 7) is 0.533. The summed E-state index contributed by atoms with van der Waals surface area (Å²) >= 11 is 2.75. The van der Waals surface area contributed by atoms with Crippen LogP contribution in [0.4, 0.5) is 14.2 Å². The van der Waals surface area contributed by atoms with Crippen LogP contribution in [0.2, 0.25) is 0 Å². The summed E-state index contributed by atoms with van der Waals surface area (Å²) in [6.07, 6.45) is 1.35. The molecule has 0 aromatic carbocycles. The van der Waals surface area contributed by atoms with Gasteiger partial charge in [0.1, 0.15) is 23.3 Å². The second-order valence-corrected chi connectivity index (χ2v) is 7.17. The lowest BCUT2D eigenvalue weighted by Crippen LogP contribution is -2.41. The zero-order valence-electron chi connectivity index (χ0n) is 11.9. The molecule has 1 saturated heterocycles. The lowest BCUT2D eigenvalue weighted by Gasteiger charge is -2.23. The Hall–Kier alpha value is -1.69. The van der Waals surface area contributed by atoms with Crippen LogP contribution in [0, 0.1) is 11.3 Å². The molecule has 8 heteroatoms. The second kappa shape index (κ2) is 5.83. The summed E-state index contributed by atoms with van der Waals surface area (Å²) in [4.78, 5) is 18.4. The maximum Gasteiger partial charge on any atom is 0.349 e. The lowest BCUT2D eigenvalue weighted by atomic mass is 10.3. The average Bonchev–Trinajstić information content (AvgIpc) is 3.20. The molecule has 2 atom stereocenters. The van der Waals surface area contributed by atoms with E-state index in [4.69, 9.17) is 5.26 Å². The van der Waals surface area contributed by atoms with Crippen molar-refractivity contribution in [3.63, 3.8) is 0 Å². The Labute approximate surface area is 135 Å². The van der Waals surface area contributed by atoms with Gasteiger partial charge < -0.3 is 4.90 Å². The molecule has 0 bridgehead atoms. The molecular weight excluding hydrogens is 323 g/mol. The van der Waals surface area contributed by atoms with Crippen molar-refractivity contribution in [1.82, 2.24) is 9.38 Å². The maximum absolute atomic E-state index is 13.2. The van der Waals surface area contributed by atoms with Crippen molar-refractivity contribution in [3.8, 4) is 6.07 Å². The normalized spacial score (nSPS) is 29.2. The number of hydrogen-bond acceptors (Lipinski definition) is 4. The van der Waals surface area contributed by atoms with Gasteiger partial charge in [0.2, 0.25) is 5.00 Å². The van der Waals surface area contributed by atoms with E-state index in [1.54, 1.807) is 6.07 Å². The standard InChI is InChI=1S/C14H14FN4OS2/c1-19(12-3-2-11(8-16)22-12)6-7-21-14(19)17-13(20)18-5-4-10(15)9-18/h2-3,6-7,10H,4-5,9H2,1H3/q+1/t10-,19?/m1/s1. The van der Waals surface area contributed by atoms with E-state index < -0.39 is 12.2 Å². The number of nitrogens with zero attached hydrogens (tertiary/aromatic N) is 4. The van der Waals surface area contributed by atoms with Gasteiger partial charge in [-0.3, -0.25) is 0 Å². The highest BCUT2D eigenvalue weighted by atomic mass is 32.2. The van der Waals surface area contributed by atoms with Gasteiger partial charge in [0.15, 0.2) is 0 Å². The molecule has 0 radical (unpaired) electrons. The summed E-state index contributed by atoms with van der Waals surface area (Å²) in [5, 5.41) is 12.4. The Kier molecular flexibility index (Phi) is 4.04. The summed E-state index contributed by atoms with van der Waals surface area (Å²) in [7, 11) is 1.91. The third kappa shape index (κ3) is 2.67. The molecule has 1 aromatic rings. The van der Waals surface area contributed by atoms with Crippen LogP contribution in [-0.4, -0.2) is 42.4 Å². The van der Waals surface area contributed by atoms with E-state index >= 15 is 0 Å². The number of quaternary nitrogens is 1. The third-order valence-corrected chi connectivity index (χ3v) is 5.79. The molecule has 0 aliphatic carbocycles. The number of halogens is 1. The Morgan fingerprint density at radius 3 is 3.05 bits per heavy atom. The monoisotopic (exact) mass is 337 g/mol. The van der Waals surface area contributed by atoms with Gasteiger partial charge in [0.05, 0.1) is 13.6 Å². The number of aliphatic imine (C=N–C) groups is 1. The smallest absolute Gasteiger partial charge is 0.320 e. The molecule has 1 aromatic heterocycles. The van der Waals surface area contributed by atoms with Gasteiger partial charge in [-0.2, -0.15) is 5.26 Å². The minimum absolute atomic E-state index is 0.120. The SMILES string of the molecule is C[N+]1(c2ccc(C#N)s2)C=CSC1=NC(=O)N1CC[C@@H](F)C1. The summed E-state index contributed by atoms with van der Waals surface area (Å²) < 4.78 is 13.5. The van der Waals surface area contributed by atoms with Crippen LogP contribution < -0.4 is 4.48 Å². The first kappa shape index (κ1) is 15.2. The predicted molar refractivity (Wildman–Crippen MR) is 87.4 cm³/mol. The van der Waals surface area contributed by atoms with E-state index in [-0.39, 0.29) is 11.0 Å². The molecule has 2 aliphatic heterocycles. The number of carbonyl (C=O) groups is 1. The van der Waals surface area contributed by atoms with E-state index in [0.29, 0.717) is 23.0 Å². The number of thioether (sulfide) groups is 1. The van der Waals surface area contributed by atoms with Gasteiger partial charge in [-0.05, 0) is 24.2 Å². The van der Waals surface area contributed by atoms with Crippen LogP contribution >= 0.6 is 23.1 Å². The Balaban J connectivity index is 1.85. The zero-order valence-corrected chi connectivity index (χ0v) is 13.5. The second-order valence-electron chi connectivity index (χ2n) is 5.24. The highest BCUT2D eigenvalue weighted by molar-refractivity contribution is 8.16. The number of carbonyl (C=O) groups excluding carboxylic acids is 1.